The van der Waals surface area contributed by atoms with Gasteiger partial charge < -0.3 is 24.6 Å². The van der Waals surface area contributed by atoms with Crippen LogP contribution in [-0.4, -0.2) is 81.2 Å². The highest BCUT2D eigenvalue weighted by atomic mass is 79.9. The van der Waals surface area contributed by atoms with Gasteiger partial charge in [-0.15, -0.1) is 0 Å². The van der Waals surface area contributed by atoms with Gasteiger partial charge in [-0.2, -0.15) is 0 Å². The molecule has 1 aromatic heterocycles. The fourth-order valence-corrected chi connectivity index (χ4v) is 7.87. The Morgan fingerprint density at radius 3 is 2.41 bits per heavy atom. The molecular weight excluding hydrogens is 637 g/mol. The van der Waals surface area contributed by atoms with Crippen molar-refractivity contribution in [1.82, 2.24) is 15.0 Å². The second kappa shape index (κ2) is 12.5. The Morgan fingerprint density at radius 1 is 1.11 bits per heavy atom. The third-order valence-corrected chi connectivity index (χ3v) is 10.1. The first-order valence-corrected chi connectivity index (χ1v) is 16.2. The summed E-state index contributed by atoms with van der Waals surface area (Å²) in [6.45, 7) is 8.35. The molecule has 240 valence electrons. The van der Waals surface area contributed by atoms with E-state index in [0.29, 0.717) is 29.6 Å². The van der Waals surface area contributed by atoms with Crippen LogP contribution in [0.15, 0.2) is 20.3 Å². The van der Waals surface area contributed by atoms with Crippen molar-refractivity contribution in [1.29, 1.82) is 0 Å². The number of ether oxygens (including phenoxy) is 1. The van der Waals surface area contributed by atoms with Crippen molar-refractivity contribution in [2.75, 3.05) is 33.8 Å². The van der Waals surface area contributed by atoms with Crippen LogP contribution in [0, 0.1) is 17.7 Å². The molecule has 10 nitrogen and oxygen atoms in total. The van der Waals surface area contributed by atoms with Crippen LogP contribution >= 0.6 is 15.9 Å². The topological polar surface area (TPSA) is 137 Å². The number of hydrogen-bond acceptors (Lipinski definition) is 10. The molecule has 0 unspecified atom stereocenters. The van der Waals surface area contributed by atoms with Crippen LogP contribution in [0.4, 0.5) is 4.39 Å². The lowest BCUT2D eigenvalue weighted by molar-refractivity contribution is -0.0559. The van der Waals surface area contributed by atoms with E-state index in [1.165, 1.54) is 0 Å². The first-order chi connectivity index (χ1) is 20.9. The Kier molecular flexibility index (Phi) is 9.28. The van der Waals surface area contributed by atoms with Gasteiger partial charge in [-0.1, -0.05) is 27.2 Å². The maximum absolute atomic E-state index is 16.6. The number of ketones is 2. The molecule has 1 aromatic carbocycles. The lowest BCUT2D eigenvalue weighted by Gasteiger charge is -2.49. The number of Topliss-reactive ketones (excluding diaryl/α,β-unsaturated/α-hetero) is 2. The molecule has 0 aliphatic heterocycles. The van der Waals surface area contributed by atoms with Gasteiger partial charge in [0.2, 0.25) is 5.78 Å². The number of hydrogen-bond donors (Lipinski definition) is 3. The van der Waals surface area contributed by atoms with Gasteiger partial charge in [-0.25, -0.2) is 4.39 Å². The predicted octanol–water partition coefficient (Wildman–Crippen LogP) is 5.50. The van der Waals surface area contributed by atoms with E-state index in [-0.39, 0.29) is 46.6 Å². The molecule has 0 bridgehead atoms. The van der Waals surface area contributed by atoms with Crippen LogP contribution < -0.4 is 4.74 Å². The zero-order valence-electron chi connectivity index (χ0n) is 25.9. The first-order valence-electron chi connectivity index (χ1n) is 15.4. The quantitative estimate of drug-likeness (QED) is 0.262. The van der Waals surface area contributed by atoms with Gasteiger partial charge in [-0.3, -0.25) is 19.4 Å². The number of halogens is 2. The Bertz CT molecular complexity index is 1500. The normalized spacial score (nSPS) is 24.5. The largest absolute Gasteiger partial charge is 0.508 e. The van der Waals surface area contributed by atoms with Gasteiger partial charge in [0.15, 0.2) is 17.1 Å². The summed E-state index contributed by atoms with van der Waals surface area (Å²) in [4.78, 5) is 32.0. The highest BCUT2D eigenvalue weighted by Crippen LogP contribution is 2.57. The maximum Gasteiger partial charge on any atom is 0.263 e. The summed E-state index contributed by atoms with van der Waals surface area (Å²) in [5, 5.41) is 37.6. The number of unbranched alkanes of at least 4 members (excludes halogenated alkanes) is 1. The molecule has 1 heterocycles. The Balaban J connectivity index is 1.69. The van der Waals surface area contributed by atoms with Gasteiger partial charge in [0, 0.05) is 29.2 Å². The molecule has 4 atom stereocenters. The molecule has 3 aliphatic carbocycles. The number of fused-ring (bicyclic) bond motifs is 4. The predicted molar refractivity (Wildman–Crippen MR) is 164 cm³/mol. The Labute approximate surface area is 265 Å². The lowest BCUT2D eigenvalue weighted by atomic mass is 9.58. The molecule has 3 aliphatic rings. The minimum absolute atomic E-state index is 0.00690. The van der Waals surface area contributed by atoms with Crippen LogP contribution in [0.1, 0.15) is 96.5 Å². The van der Waals surface area contributed by atoms with Crippen molar-refractivity contribution in [2.45, 2.75) is 77.5 Å². The second-order valence-electron chi connectivity index (χ2n) is 12.4. The highest BCUT2D eigenvalue weighted by Gasteiger charge is 2.64. The van der Waals surface area contributed by atoms with Gasteiger partial charge in [0.25, 0.3) is 5.88 Å². The van der Waals surface area contributed by atoms with Crippen molar-refractivity contribution < 1.29 is 38.6 Å². The molecule has 44 heavy (non-hydrogen) atoms. The molecule has 0 saturated carbocycles. The summed E-state index contributed by atoms with van der Waals surface area (Å²) in [7, 11) is 3.42. The minimum atomic E-state index is -2.52. The van der Waals surface area contributed by atoms with Gasteiger partial charge in [-0.05, 0) is 86.3 Å². The van der Waals surface area contributed by atoms with Crippen molar-refractivity contribution >= 4 is 27.5 Å². The number of aliphatic hydroxyl groups excluding tert-OH is 1. The molecule has 12 heteroatoms. The number of allylic oxidation sites excluding steroid dienone is 1. The van der Waals surface area contributed by atoms with Crippen molar-refractivity contribution in [2.24, 2.45) is 11.8 Å². The summed E-state index contributed by atoms with van der Waals surface area (Å²) in [5.74, 6) is -5.04. The molecule has 2 aromatic rings. The number of aromatic hydroxyl groups is 1. The van der Waals surface area contributed by atoms with E-state index < -0.39 is 52.5 Å². The SMILES string of the molecule is CCCCOc1c(Br)c(CN(CCC)CCC)c(F)c2c1C(=O)C1=C(O)[C@]3(O)C(=O)c4c(O)noc4[C@@H](N(C)C)[C@@H]3C[C@@H]1C2. The van der Waals surface area contributed by atoms with Crippen molar-refractivity contribution in [3.05, 3.63) is 49.6 Å². The Morgan fingerprint density at radius 2 is 1.80 bits per heavy atom. The third kappa shape index (κ3) is 4.98. The minimum Gasteiger partial charge on any atom is -0.508 e. The highest BCUT2D eigenvalue weighted by molar-refractivity contribution is 9.10. The van der Waals surface area contributed by atoms with Crippen molar-refractivity contribution in [3.8, 4) is 11.6 Å². The maximum atomic E-state index is 16.6. The standard InChI is InChI=1S/C32H41BrFN3O7/c1-6-9-12-43-27-21-17(24(34)18(23(27)33)15-37(10-7-2)11-8-3)13-16-14-19-25(36(4)5)28-22(31(41)35-44-28)30(40)32(19,42)29(39)20(16)26(21)38/h16,19,25,39,42H,6-15H2,1-5H3,(H,35,41)/t16-,19-,25-,32-/m0/s1. The summed E-state index contributed by atoms with van der Waals surface area (Å²) >= 11 is 3.57. The van der Waals surface area contributed by atoms with E-state index >= 15 is 4.39 Å². The molecule has 0 saturated heterocycles. The van der Waals surface area contributed by atoms with E-state index in [2.05, 4.69) is 39.8 Å². The number of aliphatic hydroxyl groups is 2. The molecule has 0 fully saturated rings. The number of carbonyl (C=O) groups is 2. The van der Waals surface area contributed by atoms with Gasteiger partial charge in [0.05, 0.1) is 22.7 Å². The molecule has 0 radical (unpaired) electrons. The van der Waals surface area contributed by atoms with E-state index in [0.717, 1.165) is 32.4 Å². The summed E-state index contributed by atoms with van der Waals surface area (Å²) < 4.78 is 28.5. The number of nitrogens with zero attached hydrogens (tertiary/aromatic N) is 3. The second-order valence-corrected chi connectivity index (χ2v) is 13.1. The zero-order valence-corrected chi connectivity index (χ0v) is 27.5. The summed E-state index contributed by atoms with van der Waals surface area (Å²) in [6.07, 6.45) is 3.50. The van der Waals surface area contributed by atoms with Crippen molar-refractivity contribution in [3.63, 3.8) is 0 Å². The van der Waals surface area contributed by atoms with Crippen LogP contribution in [0.5, 0.6) is 11.6 Å². The number of carbonyl (C=O) groups excluding carboxylic acids is 2. The van der Waals surface area contributed by atoms with E-state index in [1.54, 1.807) is 19.0 Å². The average molecular weight is 679 g/mol. The Hall–Kier alpha value is -2.80. The molecule has 0 spiro atoms. The molecular formula is C32H41BrFN3O7. The third-order valence-electron chi connectivity index (χ3n) is 9.23. The molecule has 3 N–H and O–H groups in total. The van der Waals surface area contributed by atoms with E-state index in [4.69, 9.17) is 9.26 Å². The van der Waals surface area contributed by atoms with Crippen LogP contribution in [0.25, 0.3) is 0 Å². The monoisotopic (exact) mass is 677 g/mol. The van der Waals surface area contributed by atoms with E-state index in [9.17, 15) is 24.9 Å². The van der Waals surface area contributed by atoms with Gasteiger partial charge in [0.1, 0.15) is 22.9 Å². The number of benzene rings is 1. The molecule has 0 amide bonds. The fourth-order valence-electron chi connectivity index (χ4n) is 7.26. The lowest BCUT2D eigenvalue weighted by Crippen LogP contribution is -2.59. The van der Waals surface area contributed by atoms with E-state index in [1.807, 2.05) is 6.92 Å². The number of aromatic nitrogens is 1. The molecule has 5 rings (SSSR count). The smallest absolute Gasteiger partial charge is 0.263 e. The first kappa shape index (κ1) is 32.6. The van der Waals surface area contributed by atoms with Crippen LogP contribution in [-0.2, 0) is 13.0 Å². The summed E-state index contributed by atoms with van der Waals surface area (Å²) in [6, 6.07) is -0.767. The number of rotatable bonds is 11. The zero-order chi connectivity index (χ0) is 32.1. The van der Waals surface area contributed by atoms with Crippen LogP contribution in [0.3, 0.4) is 0 Å². The fraction of sp³-hybridized carbons (Fsp3) is 0.594. The van der Waals surface area contributed by atoms with Crippen LogP contribution in [0.2, 0.25) is 0 Å². The average Bonchev–Trinajstić information content (AvgIpc) is 3.35. The summed E-state index contributed by atoms with van der Waals surface area (Å²) in [5.41, 5.74) is -2.38. The van der Waals surface area contributed by atoms with Gasteiger partial charge >= 0.3 is 0 Å².